The first kappa shape index (κ1) is 15.4. The lowest BCUT2D eigenvalue weighted by atomic mass is 10.2. The molecule has 110 valence electrons. The molecule has 0 bridgehead atoms. The van der Waals surface area contributed by atoms with Crippen molar-refractivity contribution < 1.29 is 9.66 Å². The van der Waals surface area contributed by atoms with Crippen LogP contribution in [0.25, 0.3) is 0 Å². The van der Waals surface area contributed by atoms with Crippen molar-refractivity contribution in [3.63, 3.8) is 0 Å². The van der Waals surface area contributed by atoms with Gasteiger partial charge in [-0.3, -0.25) is 15.1 Å². The average Bonchev–Trinajstić information content (AvgIpc) is 2.45. The van der Waals surface area contributed by atoms with Crippen LogP contribution in [0.4, 0.5) is 5.69 Å². The summed E-state index contributed by atoms with van der Waals surface area (Å²) >= 11 is 3.23. The zero-order chi connectivity index (χ0) is 15.2. The highest BCUT2D eigenvalue weighted by molar-refractivity contribution is 9.10. The number of hydrogen-bond acceptors (Lipinski definition) is 5. The maximum atomic E-state index is 10.8. The third-order valence-corrected chi connectivity index (χ3v) is 3.11. The molecule has 1 aromatic carbocycles. The summed E-state index contributed by atoms with van der Waals surface area (Å²) in [6.45, 7) is 3.58. The lowest BCUT2D eigenvalue weighted by Crippen LogP contribution is -2.11. The van der Waals surface area contributed by atoms with Gasteiger partial charge in [0, 0.05) is 23.3 Å². The van der Waals surface area contributed by atoms with Gasteiger partial charge in [-0.05, 0) is 24.2 Å². The molecular formula is C14H14BrN3O3. The molecule has 1 N–H and O–H groups in total. The van der Waals surface area contributed by atoms with E-state index >= 15 is 0 Å². The third-order valence-electron chi connectivity index (χ3n) is 2.65. The quantitative estimate of drug-likeness (QED) is 0.634. The molecule has 0 aliphatic heterocycles. The number of halogens is 1. The fraction of sp³-hybridized carbons (Fsp3) is 0.214. The van der Waals surface area contributed by atoms with E-state index in [1.807, 2.05) is 13.0 Å². The Morgan fingerprint density at radius 2 is 2.10 bits per heavy atom. The second-order valence-electron chi connectivity index (χ2n) is 4.31. The predicted molar refractivity (Wildman–Crippen MR) is 82.5 cm³/mol. The van der Waals surface area contributed by atoms with Crippen molar-refractivity contribution >= 4 is 21.6 Å². The van der Waals surface area contributed by atoms with Crippen molar-refractivity contribution in [1.82, 2.24) is 10.3 Å². The van der Waals surface area contributed by atoms with Gasteiger partial charge >= 0.3 is 0 Å². The summed E-state index contributed by atoms with van der Waals surface area (Å²) in [5.41, 5.74) is 0.954. The van der Waals surface area contributed by atoms with Gasteiger partial charge < -0.3 is 10.1 Å². The van der Waals surface area contributed by atoms with Crippen LogP contribution >= 0.6 is 15.9 Å². The Morgan fingerprint density at radius 3 is 2.81 bits per heavy atom. The molecule has 0 spiro atoms. The van der Waals surface area contributed by atoms with E-state index in [0.29, 0.717) is 22.5 Å². The van der Waals surface area contributed by atoms with Crippen molar-refractivity contribution in [2.75, 3.05) is 6.54 Å². The molecule has 2 rings (SSSR count). The molecule has 0 aliphatic carbocycles. The summed E-state index contributed by atoms with van der Waals surface area (Å²) in [4.78, 5) is 14.5. The molecule has 7 heteroatoms. The van der Waals surface area contributed by atoms with Gasteiger partial charge in [0.25, 0.3) is 5.69 Å². The Hall–Kier alpha value is -1.99. The van der Waals surface area contributed by atoms with Crippen LogP contribution in [0.3, 0.4) is 0 Å². The van der Waals surface area contributed by atoms with Crippen LogP contribution in [0.15, 0.2) is 41.1 Å². The summed E-state index contributed by atoms with van der Waals surface area (Å²) in [6.07, 6.45) is 3.32. The molecule has 0 atom stereocenters. The maximum absolute atomic E-state index is 10.8. The normalized spacial score (nSPS) is 10.4. The fourth-order valence-electron chi connectivity index (χ4n) is 1.73. The zero-order valence-electron chi connectivity index (χ0n) is 11.4. The number of pyridine rings is 1. The highest BCUT2D eigenvalue weighted by Gasteiger charge is 2.10. The summed E-state index contributed by atoms with van der Waals surface area (Å²) < 4.78 is 6.23. The average molecular weight is 352 g/mol. The Kier molecular flexibility index (Phi) is 5.24. The van der Waals surface area contributed by atoms with Gasteiger partial charge in [-0.2, -0.15) is 0 Å². The number of rotatable bonds is 6. The minimum atomic E-state index is -0.461. The Bertz CT molecular complexity index is 649. The standard InChI is InChI=1S/C14H14BrN3O3/c1-2-16-7-10-3-14(9-17-8-10)21-13-5-11(15)4-12(6-13)18(19)20/h3-6,8-9,16H,2,7H2,1H3. The van der Waals surface area contributed by atoms with Gasteiger partial charge in [0.15, 0.2) is 0 Å². The topological polar surface area (TPSA) is 77.3 Å². The highest BCUT2D eigenvalue weighted by Crippen LogP contribution is 2.29. The molecule has 2 aromatic rings. The number of nitro groups is 1. The molecule has 0 radical (unpaired) electrons. The van der Waals surface area contributed by atoms with Crippen LogP contribution in [0, 0.1) is 10.1 Å². The monoisotopic (exact) mass is 351 g/mol. The summed E-state index contributed by atoms with van der Waals surface area (Å²) in [5, 5.41) is 14.0. The van der Waals surface area contributed by atoms with E-state index in [9.17, 15) is 10.1 Å². The molecule has 0 amide bonds. The molecular weight excluding hydrogens is 338 g/mol. The van der Waals surface area contributed by atoms with Crippen LogP contribution in [-0.4, -0.2) is 16.5 Å². The highest BCUT2D eigenvalue weighted by atomic mass is 79.9. The number of non-ortho nitro benzene ring substituents is 1. The van der Waals surface area contributed by atoms with Crippen molar-refractivity contribution in [3.05, 3.63) is 56.8 Å². The van der Waals surface area contributed by atoms with Crippen molar-refractivity contribution in [2.45, 2.75) is 13.5 Å². The van der Waals surface area contributed by atoms with E-state index in [4.69, 9.17) is 4.74 Å². The lowest BCUT2D eigenvalue weighted by Gasteiger charge is -2.08. The maximum Gasteiger partial charge on any atom is 0.274 e. The Labute approximate surface area is 130 Å². The zero-order valence-corrected chi connectivity index (χ0v) is 13.0. The van der Waals surface area contributed by atoms with Crippen molar-refractivity contribution in [2.24, 2.45) is 0 Å². The van der Waals surface area contributed by atoms with E-state index < -0.39 is 4.92 Å². The summed E-state index contributed by atoms with van der Waals surface area (Å²) in [5.74, 6) is 0.927. The number of benzene rings is 1. The number of nitro benzene ring substituents is 1. The fourth-order valence-corrected chi connectivity index (χ4v) is 2.19. The van der Waals surface area contributed by atoms with Crippen LogP contribution in [0.1, 0.15) is 12.5 Å². The molecule has 21 heavy (non-hydrogen) atoms. The third kappa shape index (κ3) is 4.51. The second-order valence-corrected chi connectivity index (χ2v) is 5.23. The van der Waals surface area contributed by atoms with Gasteiger partial charge in [-0.15, -0.1) is 0 Å². The summed E-state index contributed by atoms with van der Waals surface area (Å²) in [7, 11) is 0. The van der Waals surface area contributed by atoms with Crippen LogP contribution < -0.4 is 10.1 Å². The van der Waals surface area contributed by atoms with Gasteiger partial charge in [-0.1, -0.05) is 22.9 Å². The minimum absolute atomic E-state index is 0.0314. The Morgan fingerprint density at radius 1 is 1.29 bits per heavy atom. The summed E-state index contributed by atoms with van der Waals surface area (Å²) in [6, 6.07) is 6.32. The molecule has 0 saturated carbocycles. The van der Waals surface area contributed by atoms with Gasteiger partial charge in [0.2, 0.25) is 0 Å². The number of hydrogen-bond donors (Lipinski definition) is 1. The molecule has 6 nitrogen and oxygen atoms in total. The SMILES string of the molecule is CCNCc1cncc(Oc2cc(Br)cc([N+](=O)[O-])c2)c1. The van der Waals surface area contributed by atoms with Gasteiger partial charge in [0.1, 0.15) is 11.5 Å². The smallest absolute Gasteiger partial charge is 0.274 e. The van der Waals surface area contributed by atoms with Crippen molar-refractivity contribution in [1.29, 1.82) is 0 Å². The Balaban J connectivity index is 2.19. The first-order valence-electron chi connectivity index (χ1n) is 6.36. The van der Waals surface area contributed by atoms with E-state index in [-0.39, 0.29) is 5.69 Å². The molecule has 0 saturated heterocycles. The molecule has 0 fully saturated rings. The predicted octanol–water partition coefficient (Wildman–Crippen LogP) is 3.65. The van der Waals surface area contributed by atoms with Crippen LogP contribution in [0.5, 0.6) is 11.5 Å². The van der Waals surface area contributed by atoms with E-state index in [1.54, 1.807) is 18.5 Å². The van der Waals surface area contributed by atoms with E-state index in [0.717, 1.165) is 12.1 Å². The largest absolute Gasteiger partial charge is 0.455 e. The van der Waals surface area contributed by atoms with Gasteiger partial charge in [0.05, 0.1) is 17.2 Å². The first-order valence-corrected chi connectivity index (χ1v) is 7.15. The molecule has 0 unspecified atom stereocenters. The number of nitrogens with zero attached hydrogens (tertiary/aromatic N) is 2. The van der Waals surface area contributed by atoms with Crippen molar-refractivity contribution in [3.8, 4) is 11.5 Å². The number of aromatic nitrogens is 1. The van der Waals surface area contributed by atoms with Crippen LogP contribution in [-0.2, 0) is 6.54 Å². The minimum Gasteiger partial charge on any atom is -0.455 e. The number of nitrogens with one attached hydrogen (secondary N) is 1. The lowest BCUT2D eigenvalue weighted by molar-refractivity contribution is -0.385. The van der Waals surface area contributed by atoms with E-state index in [1.165, 1.54) is 12.1 Å². The second kappa shape index (κ2) is 7.14. The first-order chi connectivity index (χ1) is 10.1. The molecule has 0 aliphatic rings. The van der Waals surface area contributed by atoms with Crippen LogP contribution in [0.2, 0.25) is 0 Å². The molecule has 1 heterocycles. The number of ether oxygens (including phenoxy) is 1. The van der Waals surface area contributed by atoms with E-state index in [2.05, 4.69) is 26.2 Å². The molecule has 1 aromatic heterocycles. The van der Waals surface area contributed by atoms with Gasteiger partial charge in [-0.25, -0.2) is 0 Å².